The molecule has 0 radical (unpaired) electrons. The van der Waals surface area contributed by atoms with E-state index in [4.69, 9.17) is 9.84 Å². The zero-order valence-electron chi connectivity index (χ0n) is 32.6. The number of carbonyl (C=O) groups is 2. The van der Waals surface area contributed by atoms with E-state index in [9.17, 15) is 9.59 Å². The SMILES string of the molecule is CCCCCCCCCCCCCCCCCCC(CCCCCCCCCCCCCCCCC)OC(=O)CCC(=O)NCCCO. The van der Waals surface area contributed by atoms with E-state index >= 15 is 0 Å². The van der Waals surface area contributed by atoms with E-state index in [0.717, 1.165) is 25.7 Å². The van der Waals surface area contributed by atoms with Crippen LogP contribution in [-0.2, 0) is 14.3 Å². The highest BCUT2D eigenvalue weighted by atomic mass is 16.5. The first kappa shape index (κ1) is 46.9. The van der Waals surface area contributed by atoms with Crippen molar-refractivity contribution in [2.24, 2.45) is 0 Å². The molecule has 0 saturated carbocycles. The van der Waals surface area contributed by atoms with Crippen LogP contribution in [0.3, 0.4) is 0 Å². The Labute approximate surface area is 300 Å². The van der Waals surface area contributed by atoms with E-state index in [1.165, 1.54) is 186 Å². The standard InChI is InChI=1S/C43H85NO4/c1-3-5-7-9-11-13-15-17-19-21-23-25-27-29-31-33-36-41(48-43(47)38-37-42(46)44-39-34-40-45)35-32-30-28-26-24-22-20-18-16-14-12-10-8-6-4-2/h41,45H,3-40H2,1-2H3,(H,44,46). The van der Waals surface area contributed by atoms with Gasteiger partial charge in [0.2, 0.25) is 5.91 Å². The van der Waals surface area contributed by atoms with Crippen molar-refractivity contribution in [1.29, 1.82) is 0 Å². The molecule has 0 rings (SSSR count). The van der Waals surface area contributed by atoms with E-state index in [2.05, 4.69) is 19.2 Å². The van der Waals surface area contributed by atoms with Gasteiger partial charge in [-0.05, 0) is 32.1 Å². The Morgan fingerprint density at radius 2 is 0.771 bits per heavy atom. The second-order valence-corrected chi connectivity index (χ2v) is 14.9. The molecule has 2 N–H and O–H groups in total. The molecule has 0 aliphatic carbocycles. The number of carbonyl (C=O) groups excluding carboxylic acids is 2. The molecule has 0 bridgehead atoms. The number of nitrogens with one attached hydrogen (secondary N) is 1. The third kappa shape index (κ3) is 37.7. The van der Waals surface area contributed by atoms with Crippen molar-refractivity contribution >= 4 is 11.9 Å². The van der Waals surface area contributed by atoms with Crippen LogP contribution in [-0.4, -0.2) is 36.2 Å². The van der Waals surface area contributed by atoms with Crippen LogP contribution in [0.25, 0.3) is 0 Å². The van der Waals surface area contributed by atoms with Crippen molar-refractivity contribution in [3.63, 3.8) is 0 Å². The number of aliphatic hydroxyl groups is 1. The number of aliphatic hydroxyl groups excluding tert-OH is 1. The van der Waals surface area contributed by atoms with Crippen molar-refractivity contribution in [2.45, 2.75) is 251 Å². The molecule has 0 saturated heterocycles. The minimum absolute atomic E-state index is 0.0106. The van der Waals surface area contributed by atoms with Gasteiger partial charge >= 0.3 is 5.97 Å². The molecule has 1 amide bonds. The summed E-state index contributed by atoms with van der Waals surface area (Å²) in [5, 5.41) is 11.6. The van der Waals surface area contributed by atoms with Crippen molar-refractivity contribution in [2.75, 3.05) is 13.2 Å². The number of ether oxygens (including phenoxy) is 1. The highest BCUT2D eigenvalue weighted by Crippen LogP contribution is 2.19. The summed E-state index contributed by atoms with van der Waals surface area (Å²) in [6, 6.07) is 0. The molecule has 1 atom stereocenters. The van der Waals surface area contributed by atoms with Crippen LogP contribution in [0, 0.1) is 0 Å². The number of rotatable bonds is 40. The molecule has 286 valence electrons. The molecule has 0 aromatic rings. The Morgan fingerprint density at radius 3 is 1.08 bits per heavy atom. The molecule has 0 aromatic heterocycles. The van der Waals surface area contributed by atoms with E-state index in [1.54, 1.807) is 0 Å². The molecule has 0 fully saturated rings. The van der Waals surface area contributed by atoms with Crippen molar-refractivity contribution in [1.82, 2.24) is 5.32 Å². The van der Waals surface area contributed by atoms with Gasteiger partial charge < -0.3 is 15.2 Å². The van der Waals surface area contributed by atoms with Crippen LogP contribution in [0.5, 0.6) is 0 Å². The van der Waals surface area contributed by atoms with Gasteiger partial charge in [0.1, 0.15) is 6.10 Å². The van der Waals surface area contributed by atoms with Crippen LogP contribution >= 0.6 is 0 Å². The molecule has 0 heterocycles. The Morgan fingerprint density at radius 1 is 0.458 bits per heavy atom. The number of amides is 1. The van der Waals surface area contributed by atoms with Crippen LogP contribution in [0.4, 0.5) is 0 Å². The van der Waals surface area contributed by atoms with Crippen LogP contribution in [0.2, 0.25) is 0 Å². The maximum atomic E-state index is 12.6. The smallest absolute Gasteiger partial charge is 0.306 e. The summed E-state index contributed by atoms with van der Waals surface area (Å²) < 4.78 is 5.91. The molecule has 5 nitrogen and oxygen atoms in total. The average Bonchev–Trinajstić information content (AvgIpc) is 3.08. The second kappa shape index (κ2) is 40.3. The first-order chi connectivity index (χ1) is 23.6. The van der Waals surface area contributed by atoms with Crippen LogP contribution in [0.1, 0.15) is 245 Å². The normalized spacial score (nSPS) is 12.0. The zero-order chi connectivity index (χ0) is 35.0. The first-order valence-corrected chi connectivity index (χ1v) is 21.7. The van der Waals surface area contributed by atoms with Gasteiger partial charge in [-0.2, -0.15) is 0 Å². The second-order valence-electron chi connectivity index (χ2n) is 14.9. The van der Waals surface area contributed by atoms with Gasteiger partial charge in [-0.3, -0.25) is 9.59 Å². The Bertz CT molecular complexity index is 655. The van der Waals surface area contributed by atoms with E-state index < -0.39 is 0 Å². The average molecular weight is 680 g/mol. The summed E-state index contributed by atoms with van der Waals surface area (Å²) >= 11 is 0. The Kier molecular flexibility index (Phi) is 39.4. The van der Waals surface area contributed by atoms with Gasteiger partial charge in [0.05, 0.1) is 6.42 Å². The molecular formula is C43H85NO4. The Balaban J connectivity index is 4.04. The largest absolute Gasteiger partial charge is 0.462 e. The van der Waals surface area contributed by atoms with E-state index in [-0.39, 0.29) is 37.4 Å². The predicted molar refractivity (Wildman–Crippen MR) is 208 cm³/mol. The summed E-state index contributed by atoms with van der Waals surface area (Å²) in [6.07, 6.45) is 44.9. The first-order valence-electron chi connectivity index (χ1n) is 21.7. The third-order valence-electron chi connectivity index (χ3n) is 10.0. The molecule has 0 aliphatic heterocycles. The van der Waals surface area contributed by atoms with Gasteiger partial charge in [-0.25, -0.2) is 0 Å². The highest BCUT2D eigenvalue weighted by molar-refractivity contribution is 5.81. The quantitative estimate of drug-likeness (QED) is 0.0499. The fraction of sp³-hybridized carbons (Fsp3) is 0.953. The lowest BCUT2D eigenvalue weighted by Gasteiger charge is -2.18. The van der Waals surface area contributed by atoms with Crippen molar-refractivity contribution in [3.05, 3.63) is 0 Å². The lowest BCUT2D eigenvalue weighted by atomic mass is 10.0. The monoisotopic (exact) mass is 680 g/mol. The molecule has 5 heteroatoms. The molecule has 0 aliphatic rings. The maximum Gasteiger partial charge on any atom is 0.306 e. The van der Waals surface area contributed by atoms with E-state index in [1.807, 2.05) is 0 Å². The lowest BCUT2D eigenvalue weighted by Crippen LogP contribution is -2.26. The number of unbranched alkanes of at least 4 members (excludes halogenated alkanes) is 29. The van der Waals surface area contributed by atoms with E-state index in [0.29, 0.717) is 13.0 Å². The van der Waals surface area contributed by atoms with Crippen molar-refractivity contribution < 1.29 is 19.4 Å². The minimum Gasteiger partial charge on any atom is -0.462 e. The lowest BCUT2D eigenvalue weighted by molar-refractivity contribution is -0.151. The maximum absolute atomic E-state index is 12.6. The molecular weight excluding hydrogens is 594 g/mol. The number of esters is 1. The predicted octanol–water partition coefficient (Wildman–Crippen LogP) is 13.1. The van der Waals surface area contributed by atoms with Gasteiger partial charge in [0.15, 0.2) is 0 Å². The summed E-state index contributed by atoms with van der Waals surface area (Å²) in [6.45, 7) is 5.08. The molecule has 1 unspecified atom stereocenters. The summed E-state index contributed by atoms with van der Waals surface area (Å²) in [7, 11) is 0. The Hall–Kier alpha value is -1.10. The fourth-order valence-electron chi connectivity index (χ4n) is 6.78. The van der Waals surface area contributed by atoms with Crippen LogP contribution in [0.15, 0.2) is 0 Å². The molecule has 48 heavy (non-hydrogen) atoms. The number of hydrogen-bond donors (Lipinski definition) is 2. The summed E-state index contributed by atoms with van der Waals surface area (Å²) in [5.74, 6) is -0.382. The zero-order valence-corrected chi connectivity index (χ0v) is 32.6. The molecule has 0 aromatic carbocycles. The third-order valence-corrected chi connectivity index (χ3v) is 10.0. The van der Waals surface area contributed by atoms with Gasteiger partial charge in [-0.15, -0.1) is 0 Å². The van der Waals surface area contributed by atoms with Crippen molar-refractivity contribution in [3.8, 4) is 0 Å². The minimum atomic E-state index is -0.241. The van der Waals surface area contributed by atoms with Gasteiger partial charge in [-0.1, -0.05) is 200 Å². The fourth-order valence-corrected chi connectivity index (χ4v) is 6.78. The van der Waals surface area contributed by atoms with Crippen LogP contribution < -0.4 is 5.32 Å². The summed E-state index contributed by atoms with van der Waals surface area (Å²) in [5.41, 5.74) is 0. The summed E-state index contributed by atoms with van der Waals surface area (Å²) in [4.78, 5) is 24.6. The molecule has 0 spiro atoms. The van der Waals surface area contributed by atoms with Gasteiger partial charge in [0.25, 0.3) is 0 Å². The highest BCUT2D eigenvalue weighted by Gasteiger charge is 2.15. The topological polar surface area (TPSA) is 75.6 Å². The number of hydrogen-bond acceptors (Lipinski definition) is 4. The van der Waals surface area contributed by atoms with Gasteiger partial charge in [0, 0.05) is 19.6 Å².